The van der Waals surface area contributed by atoms with Gasteiger partial charge in [-0.05, 0) is 24.7 Å². The predicted octanol–water partition coefficient (Wildman–Crippen LogP) is -0.0932. The molecule has 5 nitrogen and oxygen atoms in total. The van der Waals surface area contributed by atoms with Crippen molar-refractivity contribution in [2.24, 2.45) is 23.5 Å². The maximum absolute atomic E-state index is 5.77. The van der Waals surface area contributed by atoms with Crippen LogP contribution in [0, 0.1) is 11.8 Å². The highest BCUT2D eigenvalue weighted by molar-refractivity contribution is 4.75. The van der Waals surface area contributed by atoms with Crippen molar-refractivity contribution in [3.8, 4) is 0 Å². The van der Waals surface area contributed by atoms with E-state index in [1.807, 2.05) is 7.05 Å². The van der Waals surface area contributed by atoms with Gasteiger partial charge in [0.1, 0.15) is 6.29 Å². The Morgan fingerprint density at radius 2 is 1.73 bits per heavy atom. The molecule has 0 saturated carbocycles. The number of hydrazine groups is 2. The molecule has 1 saturated heterocycles. The summed E-state index contributed by atoms with van der Waals surface area (Å²) < 4.78 is 0. The minimum Gasteiger partial charge on any atom is -0.273 e. The summed E-state index contributed by atoms with van der Waals surface area (Å²) in [6, 6.07) is 0. The van der Waals surface area contributed by atoms with Crippen LogP contribution in [0.1, 0.15) is 26.7 Å². The van der Waals surface area contributed by atoms with Crippen LogP contribution in [-0.2, 0) is 0 Å². The molecule has 1 heterocycles. The number of hydrogen-bond donors (Lipinski definition) is 3. The fraction of sp³-hybridized carbons (Fsp3) is 1.00. The number of nitrogens with zero attached hydrogens (tertiary/aromatic N) is 2. The zero-order valence-corrected chi connectivity index (χ0v) is 10.1. The molecule has 0 aromatic carbocycles. The molecule has 0 aromatic rings. The van der Waals surface area contributed by atoms with E-state index in [0.29, 0.717) is 11.8 Å². The van der Waals surface area contributed by atoms with Crippen LogP contribution >= 0.6 is 0 Å². The van der Waals surface area contributed by atoms with E-state index in [1.54, 1.807) is 5.01 Å². The lowest BCUT2D eigenvalue weighted by Crippen LogP contribution is -2.61. The Labute approximate surface area is 92.7 Å². The summed E-state index contributed by atoms with van der Waals surface area (Å²) in [7, 11) is 1.84. The van der Waals surface area contributed by atoms with Crippen LogP contribution in [0.5, 0.6) is 0 Å². The van der Waals surface area contributed by atoms with Crippen molar-refractivity contribution in [1.29, 1.82) is 0 Å². The summed E-state index contributed by atoms with van der Waals surface area (Å²) in [6.45, 7) is 6.69. The molecule has 0 bridgehead atoms. The quantitative estimate of drug-likeness (QED) is 0.349. The van der Waals surface area contributed by atoms with Gasteiger partial charge in [0.05, 0.1) is 0 Å². The summed E-state index contributed by atoms with van der Waals surface area (Å²) in [5.41, 5.74) is 2.77. The molecule has 3 atom stereocenters. The maximum Gasteiger partial charge on any atom is 0.141 e. The molecule has 15 heavy (non-hydrogen) atoms. The normalized spacial score (nSPS) is 31.6. The molecule has 0 amide bonds. The van der Waals surface area contributed by atoms with Gasteiger partial charge in [0.15, 0.2) is 0 Å². The van der Waals surface area contributed by atoms with E-state index in [9.17, 15) is 0 Å². The predicted molar refractivity (Wildman–Crippen MR) is 62.2 cm³/mol. The number of rotatable bonds is 3. The monoisotopic (exact) mass is 215 g/mol. The van der Waals surface area contributed by atoms with Crippen LogP contribution in [0.2, 0.25) is 0 Å². The fourth-order valence-electron chi connectivity index (χ4n) is 2.31. The molecule has 1 rings (SSSR count). The third kappa shape index (κ3) is 3.70. The Morgan fingerprint density at radius 3 is 2.07 bits per heavy atom. The minimum absolute atomic E-state index is 0.0620. The van der Waals surface area contributed by atoms with Crippen LogP contribution in [0.15, 0.2) is 0 Å². The van der Waals surface area contributed by atoms with Crippen molar-refractivity contribution in [3.05, 3.63) is 0 Å². The molecular weight excluding hydrogens is 190 g/mol. The van der Waals surface area contributed by atoms with E-state index in [-0.39, 0.29) is 6.29 Å². The van der Waals surface area contributed by atoms with Crippen molar-refractivity contribution in [1.82, 2.24) is 15.3 Å². The van der Waals surface area contributed by atoms with Gasteiger partial charge in [0.25, 0.3) is 0 Å². The first-order valence-electron chi connectivity index (χ1n) is 5.72. The summed E-state index contributed by atoms with van der Waals surface area (Å²) in [5, 5.41) is 1.63. The first-order chi connectivity index (χ1) is 7.04. The van der Waals surface area contributed by atoms with Gasteiger partial charge in [0.2, 0.25) is 0 Å². The smallest absolute Gasteiger partial charge is 0.141 e. The zero-order chi connectivity index (χ0) is 11.4. The number of hydrogen-bond acceptors (Lipinski definition) is 5. The van der Waals surface area contributed by atoms with Crippen molar-refractivity contribution >= 4 is 0 Å². The van der Waals surface area contributed by atoms with Crippen LogP contribution < -0.4 is 17.1 Å². The van der Waals surface area contributed by atoms with Crippen molar-refractivity contribution in [3.63, 3.8) is 0 Å². The highest BCUT2D eigenvalue weighted by Crippen LogP contribution is 2.21. The van der Waals surface area contributed by atoms with Crippen LogP contribution in [0.4, 0.5) is 0 Å². The third-order valence-corrected chi connectivity index (χ3v) is 3.13. The van der Waals surface area contributed by atoms with Gasteiger partial charge in [-0.2, -0.15) is 0 Å². The second-order valence-electron chi connectivity index (χ2n) is 4.95. The molecule has 1 fully saturated rings. The topological polar surface area (TPSA) is 70.5 Å². The molecule has 0 radical (unpaired) electrons. The molecular formula is C10H25N5. The van der Waals surface area contributed by atoms with Gasteiger partial charge in [0, 0.05) is 20.1 Å². The molecule has 90 valence electrons. The van der Waals surface area contributed by atoms with Gasteiger partial charge in [-0.3, -0.25) is 16.6 Å². The highest BCUT2D eigenvalue weighted by atomic mass is 15.6. The summed E-state index contributed by atoms with van der Waals surface area (Å²) in [6.07, 6.45) is 2.53. The standard InChI is InChI=1S/C10H25N5/c1-8-4-5-9(2)7-15(6-8)10(13-11)14(3)12/h8-10,13H,4-7,11-12H2,1-3H3. The van der Waals surface area contributed by atoms with E-state index >= 15 is 0 Å². The lowest BCUT2D eigenvalue weighted by molar-refractivity contribution is 0.0230. The number of nitrogens with two attached hydrogens (primary N) is 2. The molecule has 1 aliphatic rings. The van der Waals surface area contributed by atoms with Crippen LogP contribution in [0.3, 0.4) is 0 Å². The second kappa shape index (κ2) is 5.77. The van der Waals surface area contributed by atoms with Crippen molar-refractivity contribution < 1.29 is 0 Å². The molecule has 1 aliphatic heterocycles. The largest absolute Gasteiger partial charge is 0.273 e. The van der Waals surface area contributed by atoms with Gasteiger partial charge in [-0.1, -0.05) is 13.8 Å². The van der Waals surface area contributed by atoms with Crippen LogP contribution in [0.25, 0.3) is 0 Å². The summed E-state index contributed by atoms with van der Waals surface area (Å²) in [4.78, 5) is 2.32. The Kier molecular flexibility index (Phi) is 4.95. The van der Waals surface area contributed by atoms with Gasteiger partial charge < -0.3 is 0 Å². The Hall–Kier alpha value is -0.200. The molecule has 5 heteroatoms. The van der Waals surface area contributed by atoms with E-state index < -0.39 is 0 Å². The van der Waals surface area contributed by atoms with Gasteiger partial charge in [-0.15, -0.1) is 0 Å². The molecule has 3 unspecified atom stereocenters. The second-order valence-corrected chi connectivity index (χ2v) is 4.95. The average Bonchev–Trinajstić information content (AvgIpc) is 2.29. The van der Waals surface area contributed by atoms with Crippen molar-refractivity contribution in [2.45, 2.75) is 33.0 Å². The number of nitrogens with one attached hydrogen (secondary N) is 1. The Morgan fingerprint density at radius 1 is 1.27 bits per heavy atom. The average molecular weight is 215 g/mol. The first-order valence-corrected chi connectivity index (χ1v) is 5.72. The lowest BCUT2D eigenvalue weighted by Gasteiger charge is -2.35. The lowest BCUT2D eigenvalue weighted by atomic mass is 10.0. The van der Waals surface area contributed by atoms with Gasteiger partial charge in [-0.25, -0.2) is 10.4 Å². The van der Waals surface area contributed by atoms with Crippen LogP contribution in [-0.4, -0.2) is 36.3 Å². The molecule has 0 aromatic heterocycles. The first kappa shape index (κ1) is 12.9. The van der Waals surface area contributed by atoms with E-state index in [4.69, 9.17) is 11.7 Å². The zero-order valence-electron chi connectivity index (χ0n) is 10.1. The molecule has 0 aliphatic carbocycles. The molecule has 0 spiro atoms. The molecule has 5 N–H and O–H groups in total. The van der Waals surface area contributed by atoms with Gasteiger partial charge >= 0.3 is 0 Å². The van der Waals surface area contributed by atoms with Crippen molar-refractivity contribution in [2.75, 3.05) is 20.1 Å². The SMILES string of the molecule is CC1CCC(C)CN(C(NN)N(C)N)C1. The van der Waals surface area contributed by atoms with E-state index in [2.05, 4.69) is 24.2 Å². The summed E-state index contributed by atoms with van der Waals surface area (Å²) in [5.74, 6) is 12.7. The number of likely N-dealkylation sites (tertiary alicyclic amines) is 1. The van der Waals surface area contributed by atoms with E-state index in [0.717, 1.165) is 13.1 Å². The third-order valence-electron chi connectivity index (χ3n) is 3.13. The fourth-order valence-corrected chi connectivity index (χ4v) is 2.31. The Balaban J connectivity index is 2.63. The van der Waals surface area contributed by atoms with E-state index in [1.165, 1.54) is 12.8 Å². The minimum atomic E-state index is -0.0620. The summed E-state index contributed by atoms with van der Waals surface area (Å²) >= 11 is 0. The maximum atomic E-state index is 5.77. The highest BCUT2D eigenvalue weighted by Gasteiger charge is 2.26. The Bertz CT molecular complexity index is 173.